The minimum absolute atomic E-state index is 0.286. The number of hydrogen-bond donors (Lipinski definition) is 1. The summed E-state index contributed by atoms with van der Waals surface area (Å²) in [6, 6.07) is 7.10. The van der Waals surface area contributed by atoms with Gasteiger partial charge < -0.3 is 10.1 Å². The third-order valence-electron chi connectivity index (χ3n) is 2.95. The van der Waals surface area contributed by atoms with Gasteiger partial charge in [-0.1, -0.05) is 31.5 Å². The summed E-state index contributed by atoms with van der Waals surface area (Å²) in [5, 5.41) is 3.81. The smallest absolute Gasteiger partial charge is 0.223 e. The molecule has 0 aliphatic rings. The molecule has 2 rings (SSSR count). The van der Waals surface area contributed by atoms with Crippen LogP contribution in [0.1, 0.15) is 25.0 Å². The highest BCUT2D eigenvalue weighted by Crippen LogP contribution is 2.29. The van der Waals surface area contributed by atoms with Crippen molar-refractivity contribution in [3.63, 3.8) is 0 Å². The third-order valence-corrected chi connectivity index (χ3v) is 3.18. The largest absolute Gasteiger partial charge is 0.438 e. The van der Waals surface area contributed by atoms with E-state index in [1.54, 1.807) is 12.1 Å². The van der Waals surface area contributed by atoms with Crippen LogP contribution in [0, 0.1) is 12.7 Å². The van der Waals surface area contributed by atoms with Gasteiger partial charge in [-0.05, 0) is 30.7 Å². The van der Waals surface area contributed by atoms with E-state index in [2.05, 4.69) is 10.3 Å². The van der Waals surface area contributed by atoms with Crippen LogP contribution in [-0.2, 0) is 6.54 Å². The molecule has 0 radical (unpaired) electrons. The molecule has 1 heterocycles. The Morgan fingerprint density at radius 1 is 1.33 bits per heavy atom. The summed E-state index contributed by atoms with van der Waals surface area (Å²) in [5.74, 6) is 0.619. The van der Waals surface area contributed by atoms with Gasteiger partial charge >= 0.3 is 0 Å². The molecule has 21 heavy (non-hydrogen) atoms. The minimum atomic E-state index is -0.384. The second-order valence-electron chi connectivity index (χ2n) is 5.17. The zero-order valence-electron chi connectivity index (χ0n) is 12.3. The Labute approximate surface area is 129 Å². The number of hydrogen-bond acceptors (Lipinski definition) is 3. The number of benzene rings is 1. The first-order chi connectivity index (χ1) is 9.95. The van der Waals surface area contributed by atoms with Crippen LogP contribution in [-0.4, -0.2) is 11.0 Å². The highest BCUT2D eigenvalue weighted by atomic mass is 35.5. The zero-order chi connectivity index (χ0) is 15.4. The molecule has 1 N–H and O–H groups in total. The van der Waals surface area contributed by atoms with Crippen LogP contribution in [0.25, 0.3) is 0 Å². The van der Waals surface area contributed by atoms with Crippen LogP contribution in [0.4, 0.5) is 4.39 Å². The van der Waals surface area contributed by atoms with Gasteiger partial charge in [0.25, 0.3) is 0 Å². The lowest BCUT2D eigenvalue weighted by Gasteiger charge is -2.14. The molecule has 0 spiro atoms. The maximum Gasteiger partial charge on any atom is 0.223 e. The predicted octanol–water partition coefficient (Wildman–Crippen LogP) is 4.47. The van der Waals surface area contributed by atoms with Crippen molar-refractivity contribution in [3.8, 4) is 11.6 Å². The van der Waals surface area contributed by atoms with Crippen molar-refractivity contribution >= 4 is 11.6 Å². The Balaban J connectivity index is 2.28. The van der Waals surface area contributed by atoms with Gasteiger partial charge in [0.05, 0.1) is 6.20 Å². The lowest BCUT2D eigenvalue weighted by molar-refractivity contribution is 0.443. The number of pyridine rings is 1. The minimum Gasteiger partial charge on any atom is -0.438 e. The average molecular weight is 309 g/mol. The lowest BCUT2D eigenvalue weighted by Crippen LogP contribution is -2.22. The van der Waals surface area contributed by atoms with Crippen LogP contribution in [0.2, 0.25) is 5.02 Å². The number of halogens is 2. The molecular formula is C16H18ClFN2O. The van der Waals surface area contributed by atoms with Crippen LogP contribution < -0.4 is 10.1 Å². The number of nitrogens with zero attached hydrogens (tertiary/aromatic N) is 1. The monoisotopic (exact) mass is 308 g/mol. The molecule has 0 fully saturated rings. The molecular weight excluding hydrogens is 291 g/mol. The van der Waals surface area contributed by atoms with E-state index >= 15 is 0 Å². The van der Waals surface area contributed by atoms with Crippen molar-refractivity contribution in [3.05, 3.63) is 52.4 Å². The number of ether oxygens (including phenoxy) is 1. The Morgan fingerprint density at radius 2 is 2.10 bits per heavy atom. The summed E-state index contributed by atoms with van der Waals surface area (Å²) in [6.07, 6.45) is 1.15. The molecule has 3 nitrogen and oxygen atoms in total. The maximum absolute atomic E-state index is 13.4. The van der Waals surface area contributed by atoms with Crippen LogP contribution in [0.5, 0.6) is 11.6 Å². The predicted molar refractivity (Wildman–Crippen MR) is 82.4 cm³/mol. The van der Waals surface area contributed by atoms with E-state index in [4.69, 9.17) is 16.3 Å². The van der Waals surface area contributed by atoms with Gasteiger partial charge in [0.1, 0.15) is 11.6 Å². The molecule has 5 heteroatoms. The van der Waals surface area contributed by atoms with Gasteiger partial charge in [-0.3, -0.25) is 0 Å². The molecule has 1 aromatic carbocycles. The highest BCUT2D eigenvalue weighted by Gasteiger charge is 2.11. The summed E-state index contributed by atoms with van der Waals surface area (Å²) in [6.45, 7) is 6.45. The molecule has 2 aromatic rings. The maximum atomic E-state index is 13.4. The van der Waals surface area contributed by atoms with Gasteiger partial charge in [-0.15, -0.1) is 0 Å². The van der Waals surface area contributed by atoms with Crippen LogP contribution >= 0.6 is 11.6 Å². The van der Waals surface area contributed by atoms with Crippen LogP contribution in [0.3, 0.4) is 0 Å². The normalized spacial score (nSPS) is 11.0. The Kier molecular flexibility index (Phi) is 5.15. The van der Waals surface area contributed by atoms with E-state index in [1.165, 1.54) is 6.07 Å². The lowest BCUT2D eigenvalue weighted by atomic mass is 10.2. The van der Waals surface area contributed by atoms with Crippen molar-refractivity contribution in [2.75, 3.05) is 0 Å². The number of aromatic nitrogens is 1. The summed E-state index contributed by atoms with van der Waals surface area (Å²) < 4.78 is 19.2. The fourth-order valence-electron chi connectivity index (χ4n) is 1.79. The fourth-order valence-corrected chi connectivity index (χ4v) is 1.95. The van der Waals surface area contributed by atoms with E-state index in [9.17, 15) is 4.39 Å². The first-order valence-corrected chi connectivity index (χ1v) is 7.15. The quantitative estimate of drug-likeness (QED) is 0.884. The topological polar surface area (TPSA) is 34.1 Å². The molecule has 0 saturated heterocycles. The average Bonchev–Trinajstić information content (AvgIpc) is 2.43. The van der Waals surface area contributed by atoms with Gasteiger partial charge in [0.2, 0.25) is 5.88 Å². The standard InChI is InChI=1S/C16H18ClFN2O/c1-10(2)19-8-12-6-14(18)9-20-16(12)21-15-7-13(17)5-4-11(15)3/h4-7,9-10,19H,8H2,1-3H3. The summed E-state index contributed by atoms with van der Waals surface area (Å²) >= 11 is 5.98. The molecule has 1 aromatic heterocycles. The molecule has 0 saturated carbocycles. The van der Waals surface area contributed by atoms with E-state index in [0.717, 1.165) is 11.8 Å². The molecule has 0 aliphatic heterocycles. The Morgan fingerprint density at radius 3 is 2.81 bits per heavy atom. The van der Waals surface area contributed by atoms with Crippen molar-refractivity contribution in [2.24, 2.45) is 0 Å². The fraction of sp³-hybridized carbons (Fsp3) is 0.312. The zero-order valence-corrected chi connectivity index (χ0v) is 13.0. The van der Waals surface area contributed by atoms with Gasteiger partial charge in [-0.2, -0.15) is 0 Å². The summed E-state index contributed by atoms with van der Waals surface area (Å²) in [4.78, 5) is 4.04. The van der Waals surface area contributed by atoms with Crippen molar-refractivity contribution < 1.29 is 9.13 Å². The van der Waals surface area contributed by atoms with E-state index in [-0.39, 0.29) is 11.9 Å². The first kappa shape index (κ1) is 15.7. The second kappa shape index (κ2) is 6.87. The molecule has 0 bridgehead atoms. The summed E-state index contributed by atoms with van der Waals surface area (Å²) in [5.41, 5.74) is 1.61. The van der Waals surface area contributed by atoms with E-state index in [1.807, 2.05) is 26.8 Å². The third kappa shape index (κ3) is 4.41. The summed E-state index contributed by atoms with van der Waals surface area (Å²) in [7, 11) is 0. The number of aryl methyl sites for hydroxylation is 1. The molecule has 0 atom stereocenters. The molecule has 0 aliphatic carbocycles. The van der Waals surface area contributed by atoms with Gasteiger partial charge in [-0.25, -0.2) is 9.37 Å². The van der Waals surface area contributed by atoms with Gasteiger partial charge in [0.15, 0.2) is 0 Å². The second-order valence-corrected chi connectivity index (χ2v) is 5.60. The SMILES string of the molecule is Cc1ccc(Cl)cc1Oc1ncc(F)cc1CNC(C)C. The molecule has 0 unspecified atom stereocenters. The Bertz CT molecular complexity index is 632. The van der Waals surface area contributed by atoms with E-state index in [0.29, 0.717) is 28.8 Å². The Hall–Kier alpha value is -1.65. The molecule has 0 amide bonds. The highest BCUT2D eigenvalue weighted by molar-refractivity contribution is 6.30. The number of nitrogens with one attached hydrogen (secondary N) is 1. The van der Waals surface area contributed by atoms with E-state index < -0.39 is 0 Å². The van der Waals surface area contributed by atoms with Crippen LogP contribution in [0.15, 0.2) is 30.5 Å². The van der Waals surface area contributed by atoms with Crippen molar-refractivity contribution in [1.29, 1.82) is 0 Å². The van der Waals surface area contributed by atoms with Gasteiger partial charge in [0, 0.05) is 23.2 Å². The molecule has 112 valence electrons. The number of rotatable bonds is 5. The van der Waals surface area contributed by atoms with Crippen molar-refractivity contribution in [2.45, 2.75) is 33.4 Å². The first-order valence-electron chi connectivity index (χ1n) is 6.77. The van der Waals surface area contributed by atoms with Crippen molar-refractivity contribution in [1.82, 2.24) is 10.3 Å².